The number of amides is 1. The van der Waals surface area contributed by atoms with E-state index in [2.05, 4.69) is 4.98 Å². The van der Waals surface area contributed by atoms with Crippen molar-refractivity contribution in [3.8, 4) is 0 Å². The van der Waals surface area contributed by atoms with Crippen molar-refractivity contribution in [3.63, 3.8) is 0 Å². The lowest BCUT2D eigenvalue weighted by Gasteiger charge is -2.09. The molecule has 0 aliphatic carbocycles. The molecule has 1 amide bonds. The highest BCUT2D eigenvalue weighted by molar-refractivity contribution is 5.89. The van der Waals surface area contributed by atoms with Gasteiger partial charge in [-0.1, -0.05) is 12.1 Å². The fourth-order valence-corrected chi connectivity index (χ4v) is 1.66. The summed E-state index contributed by atoms with van der Waals surface area (Å²) in [4.78, 5) is 14.8. The zero-order valence-corrected chi connectivity index (χ0v) is 9.69. The first-order valence-corrected chi connectivity index (χ1v) is 5.35. The van der Waals surface area contributed by atoms with Crippen LogP contribution < -0.4 is 5.73 Å². The summed E-state index contributed by atoms with van der Waals surface area (Å²) in [6, 6.07) is 4.70. The summed E-state index contributed by atoms with van der Waals surface area (Å²) in [5.41, 5.74) is 5.03. The zero-order valence-electron chi connectivity index (χ0n) is 9.69. The van der Waals surface area contributed by atoms with E-state index < -0.39 is 17.6 Å². The molecule has 0 fully saturated rings. The molecule has 0 saturated heterocycles. The molecule has 1 aromatic heterocycles. The van der Waals surface area contributed by atoms with Crippen molar-refractivity contribution in [1.82, 2.24) is 9.55 Å². The Kier molecular flexibility index (Phi) is 3.28. The van der Waals surface area contributed by atoms with Crippen molar-refractivity contribution in [2.24, 2.45) is 5.73 Å². The molecule has 0 spiro atoms. The first-order valence-electron chi connectivity index (χ1n) is 5.35. The molecule has 4 nitrogen and oxygen atoms in total. The summed E-state index contributed by atoms with van der Waals surface area (Å²) in [5.74, 6) is -0.614. The molecular weight excluding hydrogens is 259 g/mol. The first kappa shape index (κ1) is 13.1. The third-order valence-corrected chi connectivity index (χ3v) is 2.57. The number of imidazole rings is 1. The first-order chi connectivity index (χ1) is 8.88. The van der Waals surface area contributed by atoms with Gasteiger partial charge in [0.05, 0.1) is 5.56 Å². The van der Waals surface area contributed by atoms with Gasteiger partial charge in [-0.15, -0.1) is 0 Å². The number of carbonyl (C=O) groups is 1. The number of alkyl halides is 3. The summed E-state index contributed by atoms with van der Waals surface area (Å²) in [7, 11) is 0. The van der Waals surface area contributed by atoms with E-state index >= 15 is 0 Å². The maximum atomic E-state index is 12.4. The van der Waals surface area contributed by atoms with E-state index in [4.69, 9.17) is 5.73 Å². The standard InChI is InChI=1S/C12H10F3N3O/c13-12(14,15)9-3-1-8(2-4-9)7-18-6-5-17-11(18)10(16)19/h1-6H,7H2,(H2,16,19). The Bertz CT molecular complexity index is 587. The fraction of sp³-hybridized carbons (Fsp3) is 0.167. The molecule has 19 heavy (non-hydrogen) atoms. The van der Waals surface area contributed by atoms with Crippen LogP contribution in [0.2, 0.25) is 0 Å². The van der Waals surface area contributed by atoms with Crippen LogP contribution in [0.4, 0.5) is 13.2 Å². The average Bonchev–Trinajstić information content (AvgIpc) is 2.77. The second-order valence-corrected chi connectivity index (χ2v) is 3.94. The topological polar surface area (TPSA) is 60.9 Å². The summed E-state index contributed by atoms with van der Waals surface area (Å²) in [5, 5.41) is 0. The maximum absolute atomic E-state index is 12.4. The van der Waals surface area contributed by atoms with E-state index in [0.717, 1.165) is 12.1 Å². The van der Waals surface area contributed by atoms with E-state index in [0.29, 0.717) is 5.56 Å². The highest BCUT2D eigenvalue weighted by Gasteiger charge is 2.29. The summed E-state index contributed by atoms with van der Waals surface area (Å²) in [6.45, 7) is 0.233. The number of halogens is 3. The molecule has 0 bridgehead atoms. The largest absolute Gasteiger partial charge is 0.416 e. The van der Waals surface area contributed by atoms with Crippen LogP contribution in [-0.4, -0.2) is 15.5 Å². The van der Waals surface area contributed by atoms with Gasteiger partial charge in [-0.25, -0.2) is 4.98 Å². The van der Waals surface area contributed by atoms with Crippen molar-refractivity contribution in [2.45, 2.75) is 12.7 Å². The molecule has 0 aliphatic heterocycles. The normalized spacial score (nSPS) is 11.5. The molecule has 100 valence electrons. The van der Waals surface area contributed by atoms with Crippen LogP contribution in [0.3, 0.4) is 0 Å². The lowest BCUT2D eigenvalue weighted by atomic mass is 10.1. The highest BCUT2D eigenvalue weighted by Crippen LogP contribution is 2.29. The number of nitrogens with two attached hydrogens (primary N) is 1. The van der Waals surface area contributed by atoms with Crippen LogP contribution in [-0.2, 0) is 12.7 Å². The quantitative estimate of drug-likeness (QED) is 0.927. The van der Waals surface area contributed by atoms with Crippen LogP contribution in [0.15, 0.2) is 36.7 Å². The molecule has 0 saturated carbocycles. The number of benzene rings is 1. The number of carbonyl (C=O) groups excluding carboxylic acids is 1. The number of hydrogen-bond acceptors (Lipinski definition) is 2. The molecule has 0 radical (unpaired) electrons. The number of rotatable bonds is 3. The molecule has 2 rings (SSSR count). The Balaban J connectivity index is 2.20. The third-order valence-electron chi connectivity index (χ3n) is 2.57. The second-order valence-electron chi connectivity index (χ2n) is 3.94. The molecule has 1 heterocycles. The van der Waals surface area contributed by atoms with Crippen LogP contribution in [0.25, 0.3) is 0 Å². The van der Waals surface area contributed by atoms with Crippen LogP contribution >= 0.6 is 0 Å². The van der Waals surface area contributed by atoms with Gasteiger partial charge in [-0.3, -0.25) is 4.79 Å². The van der Waals surface area contributed by atoms with Gasteiger partial charge >= 0.3 is 6.18 Å². The van der Waals surface area contributed by atoms with Crippen LogP contribution in [0.5, 0.6) is 0 Å². The molecule has 0 atom stereocenters. The Hall–Kier alpha value is -2.31. The number of hydrogen-bond donors (Lipinski definition) is 1. The number of aromatic nitrogens is 2. The molecule has 7 heteroatoms. The number of nitrogens with zero attached hydrogens (tertiary/aromatic N) is 2. The SMILES string of the molecule is NC(=O)c1nccn1Cc1ccc(C(F)(F)F)cc1. The van der Waals surface area contributed by atoms with Crippen molar-refractivity contribution >= 4 is 5.91 Å². The predicted molar refractivity (Wildman–Crippen MR) is 61.3 cm³/mol. The van der Waals surface area contributed by atoms with Gasteiger partial charge in [0, 0.05) is 18.9 Å². The monoisotopic (exact) mass is 269 g/mol. The van der Waals surface area contributed by atoms with E-state index in [9.17, 15) is 18.0 Å². The molecule has 2 aromatic rings. The zero-order chi connectivity index (χ0) is 14.0. The summed E-state index contributed by atoms with van der Waals surface area (Å²) >= 11 is 0. The molecule has 2 N–H and O–H groups in total. The molecule has 1 aromatic carbocycles. The molecular formula is C12H10F3N3O. The maximum Gasteiger partial charge on any atom is 0.416 e. The second kappa shape index (κ2) is 4.75. The van der Waals surface area contributed by atoms with Gasteiger partial charge in [0.25, 0.3) is 5.91 Å². The van der Waals surface area contributed by atoms with Crippen molar-refractivity contribution < 1.29 is 18.0 Å². The van der Waals surface area contributed by atoms with Gasteiger partial charge in [0.15, 0.2) is 5.82 Å². The third kappa shape index (κ3) is 2.93. The Morgan fingerprint density at radius 2 is 1.89 bits per heavy atom. The van der Waals surface area contributed by atoms with E-state index in [1.165, 1.54) is 29.1 Å². The van der Waals surface area contributed by atoms with Crippen LogP contribution in [0.1, 0.15) is 21.7 Å². The van der Waals surface area contributed by atoms with Crippen molar-refractivity contribution in [3.05, 3.63) is 53.6 Å². The van der Waals surface area contributed by atoms with Gasteiger partial charge in [0.2, 0.25) is 0 Å². The molecule has 0 unspecified atom stereocenters. The van der Waals surface area contributed by atoms with E-state index in [-0.39, 0.29) is 12.4 Å². The Labute approximate surface area is 106 Å². The number of primary amides is 1. The summed E-state index contributed by atoms with van der Waals surface area (Å²) < 4.78 is 38.6. The predicted octanol–water partition coefficient (Wildman–Crippen LogP) is 2.05. The van der Waals surface area contributed by atoms with Crippen molar-refractivity contribution in [1.29, 1.82) is 0 Å². The smallest absolute Gasteiger partial charge is 0.363 e. The average molecular weight is 269 g/mol. The Morgan fingerprint density at radius 3 is 2.42 bits per heavy atom. The minimum absolute atomic E-state index is 0.0693. The minimum Gasteiger partial charge on any atom is -0.363 e. The van der Waals surface area contributed by atoms with Crippen molar-refractivity contribution in [2.75, 3.05) is 0 Å². The summed E-state index contributed by atoms with van der Waals surface area (Å²) in [6.07, 6.45) is -1.41. The molecule has 0 aliphatic rings. The fourth-order valence-electron chi connectivity index (χ4n) is 1.66. The lowest BCUT2D eigenvalue weighted by molar-refractivity contribution is -0.137. The van der Waals surface area contributed by atoms with E-state index in [1.807, 2.05) is 0 Å². The minimum atomic E-state index is -4.36. The Morgan fingerprint density at radius 1 is 1.26 bits per heavy atom. The van der Waals surface area contributed by atoms with E-state index in [1.54, 1.807) is 0 Å². The van der Waals surface area contributed by atoms with Gasteiger partial charge in [0.1, 0.15) is 0 Å². The van der Waals surface area contributed by atoms with Gasteiger partial charge < -0.3 is 10.3 Å². The van der Waals surface area contributed by atoms with Gasteiger partial charge in [-0.2, -0.15) is 13.2 Å². The van der Waals surface area contributed by atoms with Crippen LogP contribution in [0, 0.1) is 0 Å². The highest BCUT2D eigenvalue weighted by atomic mass is 19.4. The van der Waals surface area contributed by atoms with Gasteiger partial charge in [-0.05, 0) is 17.7 Å². The lowest BCUT2D eigenvalue weighted by Crippen LogP contribution is -2.18.